The standard InChI is InChI=1S/C25H29N5O2/c1-13-11-18-19(12-26)22(27)30(23(18)28-16(13)4)20-14(2)10-17-8-9-29(21(17)15(20)3)24(31)32-25(5,6)7/h10-11H,8-9,27H2,1-7H3. The van der Waals surface area contributed by atoms with Crippen LogP contribution >= 0.6 is 0 Å². The molecular weight excluding hydrogens is 402 g/mol. The van der Waals surface area contributed by atoms with E-state index in [9.17, 15) is 10.1 Å². The maximum atomic E-state index is 12.9. The van der Waals surface area contributed by atoms with Gasteiger partial charge in [-0.1, -0.05) is 6.07 Å². The third kappa shape index (κ3) is 3.27. The van der Waals surface area contributed by atoms with Gasteiger partial charge >= 0.3 is 6.09 Å². The number of aromatic nitrogens is 2. The minimum absolute atomic E-state index is 0.355. The normalized spacial score (nSPS) is 13.4. The van der Waals surface area contributed by atoms with Crippen LogP contribution in [0.1, 0.15) is 54.3 Å². The van der Waals surface area contributed by atoms with Gasteiger partial charge in [0.2, 0.25) is 0 Å². The van der Waals surface area contributed by atoms with E-state index in [-0.39, 0.29) is 6.09 Å². The smallest absolute Gasteiger partial charge is 0.414 e. The molecule has 0 unspecified atom stereocenters. The topological polar surface area (TPSA) is 97.2 Å². The minimum atomic E-state index is -0.580. The number of carbonyl (C=O) groups is 1. The van der Waals surface area contributed by atoms with Gasteiger partial charge in [0.05, 0.1) is 11.4 Å². The summed E-state index contributed by atoms with van der Waals surface area (Å²) in [4.78, 5) is 19.4. The Kier molecular flexibility index (Phi) is 4.93. The summed E-state index contributed by atoms with van der Waals surface area (Å²) >= 11 is 0. The Morgan fingerprint density at radius 2 is 1.84 bits per heavy atom. The second-order valence-corrected chi connectivity index (χ2v) is 9.53. The number of nitriles is 1. The lowest BCUT2D eigenvalue weighted by Crippen LogP contribution is -2.36. The number of ether oxygens (including phenoxy) is 1. The van der Waals surface area contributed by atoms with Crippen molar-refractivity contribution in [3.05, 3.63) is 45.6 Å². The summed E-state index contributed by atoms with van der Waals surface area (Å²) in [6.45, 7) is 14.1. The molecule has 3 heterocycles. The molecule has 1 aromatic carbocycles. The van der Waals surface area contributed by atoms with Crippen molar-refractivity contribution >= 4 is 28.6 Å². The van der Waals surface area contributed by atoms with Crippen LogP contribution in [-0.2, 0) is 11.2 Å². The van der Waals surface area contributed by atoms with E-state index in [1.807, 2.05) is 59.1 Å². The van der Waals surface area contributed by atoms with Gasteiger partial charge in [0.25, 0.3) is 0 Å². The molecule has 166 valence electrons. The van der Waals surface area contributed by atoms with Crippen molar-refractivity contribution in [3.63, 3.8) is 0 Å². The third-order valence-corrected chi connectivity index (χ3v) is 6.03. The zero-order valence-electron chi connectivity index (χ0n) is 19.8. The molecule has 0 saturated carbocycles. The van der Waals surface area contributed by atoms with Crippen LogP contribution in [-0.4, -0.2) is 27.8 Å². The van der Waals surface area contributed by atoms with Crippen molar-refractivity contribution in [1.82, 2.24) is 9.55 Å². The lowest BCUT2D eigenvalue weighted by molar-refractivity contribution is 0.0584. The molecular formula is C25H29N5O2. The zero-order valence-corrected chi connectivity index (χ0v) is 19.8. The molecule has 32 heavy (non-hydrogen) atoms. The summed E-state index contributed by atoms with van der Waals surface area (Å²) in [6, 6.07) is 6.31. The monoisotopic (exact) mass is 431 g/mol. The number of fused-ring (bicyclic) bond motifs is 2. The number of nitrogens with zero attached hydrogens (tertiary/aromatic N) is 4. The predicted octanol–water partition coefficient (Wildman–Crippen LogP) is 5.01. The molecule has 1 aliphatic rings. The number of nitrogen functional groups attached to an aromatic ring is 1. The highest BCUT2D eigenvalue weighted by atomic mass is 16.6. The van der Waals surface area contributed by atoms with Crippen molar-refractivity contribution in [2.75, 3.05) is 17.2 Å². The second kappa shape index (κ2) is 7.27. The van der Waals surface area contributed by atoms with Crippen LogP contribution in [0.3, 0.4) is 0 Å². The van der Waals surface area contributed by atoms with Crippen molar-refractivity contribution in [2.45, 2.75) is 60.5 Å². The molecule has 0 aliphatic carbocycles. The molecule has 0 radical (unpaired) electrons. The highest BCUT2D eigenvalue weighted by molar-refractivity contribution is 5.95. The number of carbonyl (C=O) groups excluding carboxylic acids is 1. The quantitative estimate of drug-likeness (QED) is 0.584. The predicted molar refractivity (Wildman–Crippen MR) is 126 cm³/mol. The van der Waals surface area contributed by atoms with E-state index in [0.717, 1.165) is 51.1 Å². The van der Waals surface area contributed by atoms with Gasteiger partial charge in [0, 0.05) is 17.6 Å². The minimum Gasteiger partial charge on any atom is -0.443 e. The summed E-state index contributed by atoms with van der Waals surface area (Å²) in [5.74, 6) is 0.355. The number of anilines is 2. The molecule has 2 aromatic heterocycles. The van der Waals surface area contributed by atoms with E-state index < -0.39 is 5.60 Å². The number of nitrogens with two attached hydrogens (primary N) is 1. The van der Waals surface area contributed by atoms with E-state index >= 15 is 0 Å². The summed E-state index contributed by atoms with van der Waals surface area (Å²) < 4.78 is 7.51. The molecule has 3 aromatic rings. The summed E-state index contributed by atoms with van der Waals surface area (Å²) in [7, 11) is 0. The average molecular weight is 432 g/mol. The fourth-order valence-electron chi connectivity index (χ4n) is 4.56. The van der Waals surface area contributed by atoms with E-state index in [1.54, 1.807) is 4.90 Å². The van der Waals surface area contributed by atoms with Crippen molar-refractivity contribution in [1.29, 1.82) is 5.26 Å². The van der Waals surface area contributed by atoms with E-state index in [0.29, 0.717) is 23.6 Å². The molecule has 2 N–H and O–H groups in total. The maximum Gasteiger partial charge on any atom is 0.414 e. The number of amides is 1. The van der Waals surface area contributed by atoms with Crippen LogP contribution in [0.4, 0.5) is 16.3 Å². The Bertz CT molecular complexity index is 1320. The Morgan fingerprint density at radius 1 is 1.16 bits per heavy atom. The third-order valence-electron chi connectivity index (χ3n) is 6.03. The molecule has 1 amide bonds. The highest BCUT2D eigenvalue weighted by Gasteiger charge is 2.33. The van der Waals surface area contributed by atoms with Crippen LogP contribution in [0, 0.1) is 39.0 Å². The van der Waals surface area contributed by atoms with Gasteiger partial charge < -0.3 is 10.5 Å². The first-order chi connectivity index (χ1) is 14.9. The van der Waals surface area contributed by atoms with Gasteiger partial charge in [0.1, 0.15) is 28.7 Å². The molecule has 0 bridgehead atoms. The van der Waals surface area contributed by atoms with Gasteiger partial charge in [-0.25, -0.2) is 9.78 Å². The van der Waals surface area contributed by atoms with Crippen LogP contribution in [0.5, 0.6) is 0 Å². The van der Waals surface area contributed by atoms with Crippen LogP contribution < -0.4 is 10.6 Å². The molecule has 0 fully saturated rings. The first-order valence-electron chi connectivity index (χ1n) is 10.8. The Balaban J connectivity index is 1.98. The Labute approximate surface area is 188 Å². The second-order valence-electron chi connectivity index (χ2n) is 9.53. The fraction of sp³-hybridized carbons (Fsp3) is 0.400. The van der Waals surface area contributed by atoms with Crippen molar-refractivity contribution in [3.8, 4) is 11.8 Å². The van der Waals surface area contributed by atoms with Crippen LogP contribution in [0.25, 0.3) is 16.7 Å². The number of hydrogen-bond acceptors (Lipinski definition) is 5. The van der Waals surface area contributed by atoms with Gasteiger partial charge in [-0.05, 0) is 83.2 Å². The number of rotatable bonds is 1. The average Bonchev–Trinajstić information content (AvgIpc) is 3.21. The number of pyridine rings is 1. The van der Waals surface area contributed by atoms with Gasteiger partial charge in [-0.2, -0.15) is 5.26 Å². The highest BCUT2D eigenvalue weighted by Crippen LogP contribution is 2.41. The van der Waals surface area contributed by atoms with Crippen molar-refractivity contribution in [2.24, 2.45) is 0 Å². The van der Waals surface area contributed by atoms with Crippen LogP contribution in [0.15, 0.2) is 12.1 Å². The number of aryl methyl sites for hydroxylation is 3. The lowest BCUT2D eigenvalue weighted by Gasteiger charge is -2.27. The van der Waals surface area contributed by atoms with E-state index in [2.05, 4.69) is 12.1 Å². The molecule has 1 aliphatic heterocycles. The summed E-state index contributed by atoms with van der Waals surface area (Å²) in [5, 5.41) is 10.5. The molecule has 7 nitrogen and oxygen atoms in total. The Hall–Kier alpha value is -3.53. The number of benzene rings is 1. The SMILES string of the molecule is Cc1cc2c(C#N)c(N)n(-c3c(C)cc4c(c3C)N(C(=O)OC(C)(C)C)CC4)c2nc1C. The summed E-state index contributed by atoms with van der Waals surface area (Å²) in [5.41, 5.74) is 13.6. The molecule has 0 spiro atoms. The van der Waals surface area contributed by atoms with E-state index in [1.165, 1.54) is 0 Å². The van der Waals surface area contributed by atoms with Gasteiger partial charge in [-0.3, -0.25) is 9.47 Å². The van der Waals surface area contributed by atoms with Gasteiger partial charge in [0.15, 0.2) is 0 Å². The first kappa shape index (κ1) is 21.7. The Morgan fingerprint density at radius 3 is 2.47 bits per heavy atom. The van der Waals surface area contributed by atoms with Gasteiger partial charge in [-0.15, -0.1) is 0 Å². The van der Waals surface area contributed by atoms with E-state index in [4.69, 9.17) is 15.5 Å². The number of hydrogen-bond donors (Lipinski definition) is 1. The zero-order chi connectivity index (χ0) is 23.5. The summed E-state index contributed by atoms with van der Waals surface area (Å²) in [6.07, 6.45) is 0.403. The van der Waals surface area contributed by atoms with Crippen LogP contribution in [0.2, 0.25) is 0 Å². The lowest BCUT2D eigenvalue weighted by atomic mass is 10.0. The molecule has 0 saturated heterocycles. The fourth-order valence-corrected chi connectivity index (χ4v) is 4.56. The molecule has 0 atom stereocenters. The molecule has 7 heteroatoms. The van der Waals surface area contributed by atoms with Crippen molar-refractivity contribution < 1.29 is 9.53 Å². The molecule has 4 rings (SSSR count). The largest absolute Gasteiger partial charge is 0.443 e. The maximum absolute atomic E-state index is 12.9. The first-order valence-corrected chi connectivity index (χ1v) is 10.8.